The highest BCUT2D eigenvalue weighted by molar-refractivity contribution is 8.14. The van der Waals surface area contributed by atoms with Crippen LogP contribution in [0.5, 0.6) is 0 Å². The van der Waals surface area contributed by atoms with E-state index in [-0.39, 0.29) is 5.75 Å². The molecular formula is C11H14ClN3O2S2. The van der Waals surface area contributed by atoms with E-state index in [2.05, 4.69) is 23.9 Å². The molecule has 0 aromatic carbocycles. The Hall–Kier alpha value is -0.790. The minimum atomic E-state index is -3.45. The number of halogens is 1. The zero-order valence-electron chi connectivity index (χ0n) is 10.6. The van der Waals surface area contributed by atoms with Crippen LogP contribution in [0.1, 0.15) is 25.5 Å². The highest BCUT2D eigenvalue weighted by Crippen LogP contribution is 2.24. The third kappa shape index (κ3) is 3.84. The molecule has 0 aliphatic heterocycles. The fourth-order valence-electron chi connectivity index (χ4n) is 1.55. The van der Waals surface area contributed by atoms with Crippen LogP contribution in [0.2, 0.25) is 0 Å². The van der Waals surface area contributed by atoms with Crippen LogP contribution in [0.3, 0.4) is 0 Å². The van der Waals surface area contributed by atoms with Gasteiger partial charge in [0.2, 0.25) is 9.05 Å². The maximum atomic E-state index is 10.9. The van der Waals surface area contributed by atoms with Gasteiger partial charge < -0.3 is 0 Å². The van der Waals surface area contributed by atoms with Gasteiger partial charge in [0.25, 0.3) is 0 Å². The first-order valence-electron chi connectivity index (χ1n) is 5.76. The molecule has 0 atom stereocenters. The minimum Gasteiger partial charge on any atom is -0.246 e. The van der Waals surface area contributed by atoms with E-state index in [4.69, 9.17) is 10.7 Å². The Morgan fingerprint density at radius 2 is 2.21 bits per heavy atom. The molecule has 0 saturated carbocycles. The number of hydrogen-bond acceptors (Lipinski definition) is 5. The van der Waals surface area contributed by atoms with E-state index in [9.17, 15) is 8.42 Å². The van der Waals surface area contributed by atoms with Crippen molar-refractivity contribution in [2.45, 2.75) is 24.8 Å². The Labute approximate surface area is 120 Å². The summed E-state index contributed by atoms with van der Waals surface area (Å²) in [7, 11) is 1.73. The predicted octanol–water partition coefficient (Wildman–Crippen LogP) is 2.51. The molecule has 8 heteroatoms. The lowest BCUT2D eigenvalue weighted by molar-refractivity contribution is 0.611. The van der Waals surface area contributed by atoms with Crippen LogP contribution >= 0.6 is 22.4 Å². The summed E-state index contributed by atoms with van der Waals surface area (Å²) in [6.45, 7) is 4.14. The lowest BCUT2D eigenvalue weighted by Gasteiger charge is -2.01. The Balaban J connectivity index is 2.23. The van der Waals surface area contributed by atoms with Crippen LogP contribution in [0, 0.1) is 0 Å². The monoisotopic (exact) mass is 319 g/mol. The normalized spacial score (nSPS) is 12.4. The summed E-state index contributed by atoms with van der Waals surface area (Å²) in [6.07, 6.45) is 3.44. The molecule has 19 heavy (non-hydrogen) atoms. The summed E-state index contributed by atoms with van der Waals surface area (Å²) in [6, 6.07) is 1.98. The number of fused-ring (bicyclic) bond motifs is 1. The van der Waals surface area contributed by atoms with Gasteiger partial charge in [-0.25, -0.2) is 17.9 Å². The van der Waals surface area contributed by atoms with Gasteiger partial charge in [-0.05, 0) is 12.0 Å². The molecule has 5 nitrogen and oxygen atoms in total. The quantitative estimate of drug-likeness (QED) is 0.626. The molecule has 0 aliphatic rings. The second-order valence-electron chi connectivity index (χ2n) is 4.38. The van der Waals surface area contributed by atoms with E-state index < -0.39 is 9.05 Å². The number of thioether (sulfide) groups is 1. The van der Waals surface area contributed by atoms with Crippen LogP contribution in [-0.4, -0.2) is 34.5 Å². The number of hydrogen-bond donors (Lipinski definition) is 0. The molecule has 0 radical (unpaired) electrons. The van der Waals surface area contributed by atoms with Crippen molar-refractivity contribution in [1.82, 2.24) is 14.6 Å². The zero-order valence-corrected chi connectivity index (χ0v) is 13.0. The van der Waals surface area contributed by atoms with Crippen molar-refractivity contribution >= 4 is 37.0 Å². The van der Waals surface area contributed by atoms with Crippen LogP contribution < -0.4 is 0 Å². The van der Waals surface area contributed by atoms with Gasteiger partial charge in [-0.1, -0.05) is 13.8 Å². The van der Waals surface area contributed by atoms with E-state index in [1.165, 1.54) is 11.8 Å². The van der Waals surface area contributed by atoms with E-state index in [1.807, 2.05) is 6.07 Å². The lowest BCUT2D eigenvalue weighted by Crippen LogP contribution is -2.00. The topological polar surface area (TPSA) is 64.3 Å². The molecule has 2 heterocycles. The number of aromatic nitrogens is 3. The van der Waals surface area contributed by atoms with Gasteiger partial charge in [-0.15, -0.1) is 11.8 Å². The Bertz CT molecular complexity index is 682. The molecule has 0 saturated heterocycles. The zero-order chi connectivity index (χ0) is 14.0. The van der Waals surface area contributed by atoms with Crippen molar-refractivity contribution < 1.29 is 8.42 Å². The first-order chi connectivity index (χ1) is 8.87. The molecule has 0 amide bonds. The number of nitrogens with zero attached hydrogens (tertiary/aromatic N) is 3. The third-order valence-electron chi connectivity index (χ3n) is 2.53. The minimum absolute atomic E-state index is 0.0763. The summed E-state index contributed by atoms with van der Waals surface area (Å²) < 4.78 is 23.5. The molecule has 0 aliphatic carbocycles. The van der Waals surface area contributed by atoms with Crippen LogP contribution in [0.15, 0.2) is 23.5 Å². The standard InChI is InChI=1S/C11H14ClN3O2S2/c1-8(2)9-7-10-11(13-3-4-15(10)14-9)18-5-6-19(12,16)17/h3-4,7-8H,5-6H2,1-2H3. The third-order valence-corrected chi connectivity index (χ3v) is 4.94. The summed E-state index contributed by atoms with van der Waals surface area (Å²) in [4.78, 5) is 4.26. The van der Waals surface area contributed by atoms with E-state index in [0.717, 1.165) is 16.2 Å². The molecule has 2 rings (SSSR count). The van der Waals surface area contributed by atoms with Crippen molar-refractivity contribution in [2.75, 3.05) is 11.5 Å². The Morgan fingerprint density at radius 1 is 1.47 bits per heavy atom. The average Bonchev–Trinajstić information content (AvgIpc) is 2.72. The SMILES string of the molecule is CC(C)c1cc2c(SCCS(=O)(=O)Cl)nccn2n1. The summed E-state index contributed by atoms with van der Waals surface area (Å²) in [5, 5.41) is 5.21. The van der Waals surface area contributed by atoms with Crippen molar-refractivity contribution in [1.29, 1.82) is 0 Å². The molecule has 0 bridgehead atoms. The van der Waals surface area contributed by atoms with Gasteiger partial charge in [-0.2, -0.15) is 5.10 Å². The maximum absolute atomic E-state index is 10.9. The Morgan fingerprint density at radius 3 is 2.84 bits per heavy atom. The van der Waals surface area contributed by atoms with Gasteiger partial charge in [0.15, 0.2) is 0 Å². The molecule has 2 aromatic rings. The average molecular weight is 320 g/mol. The lowest BCUT2D eigenvalue weighted by atomic mass is 10.1. The Kier molecular flexibility index (Phi) is 4.37. The molecule has 0 unspecified atom stereocenters. The van der Waals surface area contributed by atoms with Crippen LogP contribution in [0.4, 0.5) is 0 Å². The summed E-state index contributed by atoms with van der Waals surface area (Å²) in [5.41, 5.74) is 1.88. The predicted molar refractivity (Wildman–Crippen MR) is 77.4 cm³/mol. The van der Waals surface area contributed by atoms with Crippen molar-refractivity contribution in [3.05, 3.63) is 24.2 Å². The summed E-state index contributed by atoms with van der Waals surface area (Å²) >= 11 is 1.37. The number of rotatable bonds is 5. The summed E-state index contributed by atoms with van der Waals surface area (Å²) in [5.74, 6) is 0.634. The molecule has 0 N–H and O–H groups in total. The van der Waals surface area contributed by atoms with E-state index in [0.29, 0.717) is 11.7 Å². The van der Waals surface area contributed by atoms with Crippen molar-refractivity contribution in [2.24, 2.45) is 0 Å². The van der Waals surface area contributed by atoms with Gasteiger partial charge >= 0.3 is 0 Å². The highest BCUT2D eigenvalue weighted by atomic mass is 35.7. The fraction of sp³-hybridized carbons (Fsp3) is 0.455. The van der Waals surface area contributed by atoms with Crippen LogP contribution in [-0.2, 0) is 9.05 Å². The second kappa shape index (κ2) is 5.68. The second-order valence-corrected chi connectivity index (χ2v) is 8.36. The molecule has 104 valence electrons. The smallest absolute Gasteiger partial charge is 0.233 e. The van der Waals surface area contributed by atoms with Crippen molar-refractivity contribution in [3.8, 4) is 0 Å². The van der Waals surface area contributed by atoms with E-state index >= 15 is 0 Å². The fourth-order valence-corrected chi connectivity index (χ4v) is 3.87. The largest absolute Gasteiger partial charge is 0.246 e. The molecule has 0 spiro atoms. The van der Waals surface area contributed by atoms with Gasteiger partial charge in [0.1, 0.15) is 5.03 Å². The molecule has 0 fully saturated rings. The van der Waals surface area contributed by atoms with Gasteiger partial charge in [0.05, 0.1) is 17.0 Å². The van der Waals surface area contributed by atoms with Crippen molar-refractivity contribution in [3.63, 3.8) is 0 Å². The maximum Gasteiger partial charge on any atom is 0.233 e. The van der Waals surface area contributed by atoms with Crippen LogP contribution in [0.25, 0.3) is 5.52 Å². The molecule has 2 aromatic heterocycles. The van der Waals surface area contributed by atoms with E-state index in [1.54, 1.807) is 16.9 Å². The van der Waals surface area contributed by atoms with Gasteiger partial charge in [0, 0.05) is 28.8 Å². The van der Waals surface area contributed by atoms with Gasteiger partial charge in [-0.3, -0.25) is 0 Å². The first-order valence-corrected chi connectivity index (χ1v) is 9.22. The first kappa shape index (κ1) is 14.6. The molecular weight excluding hydrogens is 306 g/mol. The highest BCUT2D eigenvalue weighted by Gasteiger charge is 2.11.